The summed E-state index contributed by atoms with van der Waals surface area (Å²) in [6.45, 7) is 4.37. The van der Waals surface area contributed by atoms with Crippen molar-refractivity contribution in [2.45, 2.75) is 31.8 Å². The predicted molar refractivity (Wildman–Crippen MR) is 104 cm³/mol. The van der Waals surface area contributed by atoms with E-state index in [1.807, 2.05) is 12.1 Å². The third kappa shape index (κ3) is 5.69. The lowest BCUT2D eigenvalue weighted by molar-refractivity contribution is -0.125. The summed E-state index contributed by atoms with van der Waals surface area (Å²) in [5, 5.41) is 10.0. The van der Waals surface area contributed by atoms with Crippen molar-refractivity contribution in [3.05, 3.63) is 29.8 Å². The maximum Gasteiger partial charge on any atom is 0.290 e. The molecule has 1 amide bonds. The van der Waals surface area contributed by atoms with E-state index in [9.17, 15) is 4.79 Å². The molecule has 0 spiro atoms. The molecule has 0 unspecified atom stereocenters. The fraction of sp³-hybridized carbons (Fsp3) is 0.619. The number of methoxy groups -OCH3 is 1. The third-order valence-electron chi connectivity index (χ3n) is 5.77. The molecule has 7 nitrogen and oxygen atoms in total. The van der Waals surface area contributed by atoms with Crippen molar-refractivity contribution < 1.29 is 24.2 Å². The average molecular weight is 390 g/mol. The van der Waals surface area contributed by atoms with Gasteiger partial charge in [-0.1, -0.05) is 12.1 Å². The van der Waals surface area contributed by atoms with Gasteiger partial charge in [0.05, 0.1) is 20.3 Å². The summed E-state index contributed by atoms with van der Waals surface area (Å²) in [5.41, 5.74) is 1.28. The molecule has 3 fully saturated rings. The van der Waals surface area contributed by atoms with Crippen molar-refractivity contribution >= 4 is 12.4 Å². The quantitative estimate of drug-likeness (QED) is 0.720. The van der Waals surface area contributed by atoms with Gasteiger partial charge in [0.1, 0.15) is 5.75 Å². The standard InChI is InChI=1S/C20H28N2O3.CH2O2/c1-24-18-4-2-3-14(7-18)9-22-10-16-13-25-12-15(19(16)11-22)8-20(23)21-17-5-6-17;2-1-3/h2-4,7,15-17,19H,5-6,8-13H2,1H3,(H,21,23);1H,(H,2,3)/t15-,16-,19+;/m1./s1. The molecular formula is C21H30N2O5. The van der Waals surface area contributed by atoms with Gasteiger partial charge in [0.15, 0.2) is 0 Å². The van der Waals surface area contributed by atoms with E-state index < -0.39 is 0 Å². The largest absolute Gasteiger partial charge is 0.497 e. The minimum atomic E-state index is -0.250. The lowest BCUT2D eigenvalue weighted by Crippen LogP contribution is -2.38. The van der Waals surface area contributed by atoms with Crippen LogP contribution >= 0.6 is 0 Å². The van der Waals surface area contributed by atoms with Crippen LogP contribution in [0.3, 0.4) is 0 Å². The summed E-state index contributed by atoms with van der Waals surface area (Å²) in [6, 6.07) is 8.74. The Bertz CT molecular complexity index is 664. The zero-order valence-electron chi connectivity index (χ0n) is 16.4. The molecule has 2 N–H and O–H groups in total. The van der Waals surface area contributed by atoms with E-state index in [-0.39, 0.29) is 12.4 Å². The second-order valence-corrected chi connectivity index (χ2v) is 7.92. The number of nitrogens with one attached hydrogen (secondary N) is 1. The van der Waals surface area contributed by atoms with Crippen LogP contribution in [0.1, 0.15) is 24.8 Å². The number of rotatable bonds is 6. The van der Waals surface area contributed by atoms with Crippen LogP contribution in [0.4, 0.5) is 0 Å². The van der Waals surface area contributed by atoms with Gasteiger partial charge >= 0.3 is 0 Å². The maximum atomic E-state index is 12.2. The topological polar surface area (TPSA) is 88.1 Å². The fourth-order valence-electron chi connectivity index (χ4n) is 4.31. The van der Waals surface area contributed by atoms with Crippen LogP contribution in [0.25, 0.3) is 0 Å². The number of nitrogens with zero attached hydrogens (tertiary/aromatic N) is 1. The maximum absolute atomic E-state index is 12.2. The molecule has 28 heavy (non-hydrogen) atoms. The van der Waals surface area contributed by atoms with E-state index in [1.165, 1.54) is 5.56 Å². The first-order valence-corrected chi connectivity index (χ1v) is 9.93. The zero-order chi connectivity index (χ0) is 19.9. The smallest absolute Gasteiger partial charge is 0.290 e. The highest BCUT2D eigenvalue weighted by Gasteiger charge is 2.41. The number of benzene rings is 1. The lowest BCUT2D eigenvalue weighted by Gasteiger charge is -2.32. The average Bonchev–Trinajstić information content (AvgIpc) is 3.39. The van der Waals surface area contributed by atoms with E-state index >= 15 is 0 Å². The highest BCUT2D eigenvalue weighted by molar-refractivity contribution is 5.76. The minimum Gasteiger partial charge on any atom is -0.497 e. The van der Waals surface area contributed by atoms with Crippen LogP contribution in [-0.2, 0) is 20.9 Å². The number of carbonyl (C=O) groups excluding carboxylic acids is 1. The molecule has 1 aliphatic carbocycles. The van der Waals surface area contributed by atoms with Crippen LogP contribution < -0.4 is 10.1 Å². The summed E-state index contributed by atoms with van der Waals surface area (Å²) in [4.78, 5) is 23.1. The Kier molecular flexibility index (Phi) is 7.28. The minimum absolute atomic E-state index is 0.211. The van der Waals surface area contributed by atoms with Crippen molar-refractivity contribution in [2.75, 3.05) is 33.4 Å². The molecule has 1 saturated carbocycles. The van der Waals surface area contributed by atoms with Gasteiger partial charge in [0.2, 0.25) is 5.91 Å². The summed E-state index contributed by atoms with van der Waals surface area (Å²) < 4.78 is 11.2. The van der Waals surface area contributed by atoms with Crippen molar-refractivity contribution in [3.63, 3.8) is 0 Å². The third-order valence-corrected chi connectivity index (χ3v) is 5.77. The number of carboxylic acid groups (broad SMARTS) is 1. The number of amides is 1. The van der Waals surface area contributed by atoms with Crippen LogP contribution in [0, 0.1) is 17.8 Å². The second kappa shape index (κ2) is 9.89. The van der Waals surface area contributed by atoms with Gasteiger partial charge in [0.25, 0.3) is 6.47 Å². The molecule has 1 aromatic rings. The van der Waals surface area contributed by atoms with Gasteiger partial charge in [-0.25, -0.2) is 0 Å². The molecule has 3 atom stereocenters. The highest BCUT2D eigenvalue weighted by atomic mass is 16.5. The molecular weight excluding hydrogens is 360 g/mol. The van der Waals surface area contributed by atoms with E-state index in [4.69, 9.17) is 19.4 Å². The zero-order valence-corrected chi connectivity index (χ0v) is 16.4. The monoisotopic (exact) mass is 390 g/mol. The van der Waals surface area contributed by atoms with Gasteiger partial charge in [0, 0.05) is 32.1 Å². The van der Waals surface area contributed by atoms with Gasteiger partial charge < -0.3 is 19.9 Å². The predicted octanol–water partition coefficient (Wildman–Crippen LogP) is 1.76. The van der Waals surface area contributed by atoms with E-state index in [1.54, 1.807) is 7.11 Å². The molecule has 0 bridgehead atoms. The summed E-state index contributed by atoms with van der Waals surface area (Å²) in [6.07, 6.45) is 2.91. The molecule has 2 heterocycles. The van der Waals surface area contributed by atoms with Crippen LogP contribution in [0.2, 0.25) is 0 Å². The van der Waals surface area contributed by atoms with Crippen LogP contribution in [-0.4, -0.2) is 61.8 Å². The van der Waals surface area contributed by atoms with E-state index in [0.717, 1.165) is 51.4 Å². The Morgan fingerprint density at radius 3 is 2.86 bits per heavy atom. The van der Waals surface area contributed by atoms with E-state index in [2.05, 4.69) is 22.3 Å². The van der Waals surface area contributed by atoms with Gasteiger partial charge in [-0.05, 0) is 48.3 Å². The number of ether oxygens (including phenoxy) is 2. The molecule has 1 aromatic carbocycles. The number of likely N-dealkylation sites (tertiary alicyclic amines) is 1. The Labute approximate surface area is 166 Å². The first-order chi connectivity index (χ1) is 13.6. The molecule has 4 rings (SSSR count). The molecule has 3 aliphatic rings. The van der Waals surface area contributed by atoms with E-state index in [0.29, 0.717) is 30.2 Å². The second-order valence-electron chi connectivity index (χ2n) is 7.92. The summed E-state index contributed by atoms with van der Waals surface area (Å²) >= 11 is 0. The molecule has 7 heteroatoms. The van der Waals surface area contributed by atoms with Gasteiger partial charge in [-0.2, -0.15) is 0 Å². The Morgan fingerprint density at radius 1 is 1.36 bits per heavy atom. The van der Waals surface area contributed by atoms with Crippen molar-refractivity contribution in [3.8, 4) is 5.75 Å². The molecule has 154 valence electrons. The molecule has 2 aliphatic heterocycles. The number of fused-ring (bicyclic) bond motifs is 1. The molecule has 0 radical (unpaired) electrons. The molecule has 0 aromatic heterocycles. The summed E-state index contributed by atoms with van der Waals surface area (Å²) in [5.74, 6) is 2.60. The SMILES string of the molecule is COc1cccc(CN2C[C@@H]3COC[C@@H](CC(=O)NC4CC4)[C@@H]3C2)c1.O=CO. The van der Waals surface area contributed by atoms with Gasteiger partial charge in [-0.15, -0.1) is 0 Å². The normalized spacial score (nSPS) is 26.5. The number of hydrogen-bond acceptors (Lipinski definition) is 5. The van der Waals surface area contributed by atoms with Gasteiger partial charge in [-0.3, -0.25) is 14.5 Å². The van der Waals surface area contributed by atoms with Crippen molar-refractivity contribution in [2.24, 2.45) is 17.8 Å². The van der Waals surface area contributed by atoms with Crippen LogP contribution in [0.5, 0.6) is 5.75 Å². The molecule has 2 saturated heterocycles. The van der Waals surface area contributed by atoms with Crippen molar-refractivity contribution in [1.82, 2.24) is 10.2 Å². The summed E-state index contributed by atoms with van der Waals surface area (Å²) in [7, 11) is 1.71. The first-order valence-electron chi connectivity index (χ1n) is 9.93. The Morgan fingerprint density at radius 2 is 2.14 bits per heavy atom. The number of hydrogen-bond donors (Lipinski definition) is 2. The van der Waals surface area contributed by atoms with Crippen molar-refractivity contribution in [1.29, 1.82) is 0 Å². The van der Waals surface area contributed by atoms with Crippen LogP contribution in [0.15, 0.2) is 24.3 Å². The Hall–Kier alpha value is -2.12. The highest BCUT2D eigenvalue weighted by Crippen LogP contribution is 2.36. The lowest BCUT2D eigenvalue weighted by atomic mass is 9.81. The first kappa shape index (κ1) is 20.6. The number of carbonyl (C=O) groups is 2. The fourth-order valence-corrected chi connectivity index (χ4v) is 4.31. The Balaban J connectivity index is 0.000000706.